The van der Waals surface area contributed by atoms with Crippen LogP contribution in [0.3, 0.4) is 0 Å². The highest BCUT2D eigenvalue weighted by molar-refractivity contribution is 9.10. The number of halogens is 7. The van der Waals surface area contributed by atoms with Crippen LogP contribution in [0.4, 0.5) is 32.0 Å². The number of nitrogens with one attached hydrogen (secondary N) is 1. The molecule has 12 heteroatoms. The molecule has 0 aliphatic rings. The van der Waals surface area contributed by atoms with Gasteiger partial charge in [0.25, 0.3) is 5.91 Å². The highest BCUT2D eigenvalue weighted by Gasteiger charge is 2.52. The molecule has 1 atom stereocenters. The predicted molar refractivity (Wildman–Crippen MR) is 75.2 cm³/mol. The highest BCUT2D eigenvalue weighted by Crippen LogP contribution is 2.36. The van der Waals surface area contributed by atoms with Gasteiger partial charge in [-0.1, -0.05) is 0 Å². The topological polar surface area (TPSA) is 77.2 Å². The molecule has 1 aromatic heterocycles. The Balaban J connectivity index is 3.04. The first-order chi connectivity index (χ1) is 10.7. The van der Waals surface area contributed by atoms with E-state index in [1.165, 1.54) is 0 Å². The summed E-state index contributed by atoms with van der Waals surface area (Å²) in [6, 6.07) is 0.464. The third-order valence-corrected chi connectivity index (χ3v) is 3.77. The van der Waals surface area contributed by atoms with Crippen LogP contribution in [-0.2, 0) is 10.9 Å². The van der Waals surface area contributed by atoms with Crippen molar-refractivity contribution in [3.8, 4) is 0 Å². The third kappa shape index (κ3) is 4.29. The number of nitrogens with zero attached hydrogens (tertiary/aromatic N) is 1. The van der Waals surface area contributed by atoms with Crippen molar-refractivity contribution in [3.05, 3.63) is 21.9 Å². The van der Waals surface area contributed by atoms with Crippen molar-refractivity contribution in [2.24, 2.45) is 0 Å². The normalized spacial score (nSPS) is 15.0. The molecule has 3 N–H and O–H groups in total. The molecular weight excluding hydrogens is 412 g/mol. The van der Waals surface area contributed by atoms with Crippen molar-refractivity contribution in [2.45, 2.75) is 24.9 Å². The number of amides is 1. The van der Waals surface area contributed by atoms with Crippen molar-refractivity contribution in [1.29, 1.82) is 0 Å². The standard InChI is InChI=1S/C12H12BrF6N3O2/c1-10(24-2,12(17,18)19)4-21-9(23)7-6(20)3-5(8(13)22-7)11(14,15)16/h3H,4,20H2,1-2H3,(H,21,23). The molecule has 0 aliphatic carbocycles. The van der Waals surface area contributed by atoms with E-state index in [2.05, 4.69) is 25.7 Å². The van der Waals surface area contributed by atoms with Crippen molar-refractivity contribution < 1.29 is 35.9 Å². The average Bonchev–Trinajstić information content (AvgIpc) is 2.43. The van der Waals surface area contributed by atoms with Gasteiger partial charge in [0.2, 0.25) is 0 Å². The monoisotopic (exact) mass is 423 g/mol. The Labute approximate surface area is 140 Å². The molecule has 0 aromatic carbocycles. The number of nitrogen functional groups attached to an aromatic ring is 1. The van der Waals surface area contributed by atoms with Gasteiger partial charge in [0.1, 0.15) is 4.60 Å². The van der Waals surface area contributed by atoms with Gasteiger partial charge >= 0.3 is 12.4 Å². The van der Waals surface area contributed by atoms with Gasteiger partial charge < -0.3 is 15.8 Å². The maximum Gasteiger partial charge on any atom is 0.419 e. The van der Waals surface area contributed by atoms with Crippen molar-refractivity contribution in [1.82, 2.24) is 10.3 Å². The number of nitrogens with two attached hydrogens (primary N) is 1. The quantitative estimate of drug-likeness (QED) is 0.576. The number of carbonyl (C=O) groups is 1. The van der Waals surface area contributed by atoms with Crippen molar-refractivity contribution >= 4 is 27.5 Å². The molecule has 5 nitrogen and oxygen atoms in total. The largest absolute Gasteiger partial charge is 0.419 e. The fourth-order valence-corrected chi connectivity index (χ4v) is 2.02. The lowest BCUT2D eigenvalue weighted by atomic mass is 10.1. The molecule has 1 unspecified atom stereocenters. The number of methoxy groups -OCH3 is 1. The predicted octanol–water partition coefficient (Wildman–Crippen LogP) is 3.14. The smallest absolute Gasteiger partial charge is 0.397 e. The number of ether oxygens (including phenoxy) is 1. The lowest BCUT2D eigenvalue weighted by molar-refractivity contribution is -0.259. The number of hydrogen-bond acceptors (Lipinski definition) is 4. The van der Waals surface area contributed by atoms with E-state index in [1.54, 1.807) is 0 Å². The maximum absolute atomic E-state index is 12.8. The van der Waals surface area contributed by atoms with Crippen LogP contribution in [0.15, 0.2) is 10.7 Å². The first-order valence-corrected chi connectivity index (χ1v) is 6.95. The van der Waals surface area contributed by atoms with E-state index in [0.717, 1.165) is 7.11 Å². The second kappa shape index (κ2) is 6.75. The number of pyridine rings is 1. The Kier molecular flexibility index (Phi) is 5.76. The number of rotatable bonds is 4. The summed E-state index contributed by atoms with van der Waals surface area (Å²) in [6.07, 6.45) is -9.55. The number of aromatic nitrogens is 1. The van der Waals surface area contributed by atoms with Gasteiger partial charge in [-0.15, -0.1) is 0 Å². The fourth-order valence-electron chi connectivity index (χ4n) is 1.51. The Bertz CT molecular complexity index is 634. The van der Waals surface area contributed by atoms with E-state index in [9.17, 15) is 31.1 Å². The average molecular weight is 424 g/mol. The number of carbonyl (C=O) groups excluding carboxylic acids is 1. The lowest BCUT2D eigenvalue weighted by Gasteiger charge is -2.30. The number of alkyl halides is 6. The van der Waals surface area contributed by atoms with Gasteiger partial charge in [0, 0.05) is 7.11 Å². The van der Waals surface area contributed by atoms with Crippen LogP contribution in [0.5, 0.6) is 0 Å². The summed E-state index contributed by atoms with van der Waals surface area (Å²) in [5, 5.41) is 1.89. The second-order valence-corrected chi connectivity index (χ2v) is 5.63. The zero-order chi connectivity index (χ0) is 18.9. The summed E-state index contributed by atoms with van der Waals surface area (Å²) >= 11 is 2.55. The zero-order valence-corrected chi connectivity index (χ0v) is 13.9. The molecule has 0 spiro atoms. The summed E-state index contributed by atoms with van der Waals surface area (Å²) in [6.45, 7) is -0.279. The summed E-state index contributed by atoms with van der Waals surface area (Å²) in [4.78, 5) is 15.3. The Morgan fingerprint density at radius 1 is 1.33 bits per heavy atom. The van der Waals surface area contributed by atoms with Gasteiger partial charge in [-0.25, -0.2) is 4.98 Å². The first-order valence-electron chi connectivity index (χ1n) is 6.16. The molecular formula is C12H12BrF6N3O2. The molecule has 136 valence electrons. The molecule has 0 radical (unpaired) electrons. The third-order valence-electron chi connectivity index (χ3n) is 3.16. The maximum atomic E-state index is 12.8. The van der Waals surface area contributed by atoms with Gasteiger partial charge in [-0.05, 0) is 28.9 Å². The van der Waals surface area contributed by atoms with E-state index >= 15 is 0 Å². The molecule has 1 aromatic rings. The first kappa shape index (κ1) is 20.5. The van der Waals surface area contributed by atoms with Crippen LogP contribution in [0.1, 0.15) is 23.0 Å². The molecule has 0 fully saturated rings. The minimum Gasteiger partial charge on any atom is -0.397 e. The fraction of sp³-hybridized carbons (Fsp3) is 0.500. The number of hydrogen-bond donors (Lipinski definition) is 2. The van der Waals surface area contributed by atoms with Crippen LogP contribution >= 0.6 is 15.9 Å². The number of anilines is 1. The molecule has 1 rings (SSSR count). The van der Waals surface area contributed by atoms with E-state index in [1.807, 2.05) is 5.32 Å². The molecule has 0 saturated carbocycles. The van der Waals surface area contributed by atoms with Gasteiger partial charge in [0.15, 0.2) is 11.3 Å². The van der Waals surface area contributed by atoms with Crippen LogP contribution in [-0.4, -0.2) is 36.3 Å². The van der Waals surface area contributed by atoms with Crippen LogP contribution in [0, 0.1) is 0 Å². The molecule has 1 amide bonds. The van der Waals surface area contributed by atoms with E-state index in [4.69, 9.17) is 5.73 Å². The summed E-state index contributed by atoms with van der Waals surface area (Å²) in [7, 11) is 0.807. The van der Waals surface area contributed by atoms with E-state index in [-0.39, 0.29) is 0 Å². The second-order valence-electron chi connectivity index (χ2n) is 4.88. The SMILES string of the molecule is COC(C)(CNC(=O)c1nc(Br)c(C(F)(F)F)cc1N)C(F)(F)F. The van der Waals surface area contributed by atoms with E-state index in [0.29, 0.717) is 13.0 Å². The van der Waals surface area contributed by atoms with Crippen LogP contribution < -0.4 is 11.1 Å². The molecule has 24 heavy (non-hydrogen) atoms. The van der Waals surface area contributed by atoms with E-state index < -0.39 is 52.0 Å². The van der Waals surface area contributed by atoms with Crippen LogP contribution in [0.2, 0.25) is 0 Å². The van der Waals surface area contributed by atoms with Gasteiger partial charge in [0.05, 0.1) is 17.8 Å². The molecule has 0 bridgehead atoms. The Hall–Kier alpha value is -1.56. The molecule has 1 heterocycles. The van der Waals surface area contributed by atoms with Gasteiger partial charge in [-0.2, -0.15) is 26.3 Å². The molecule has 0 aliphatic heterocycles. The summed E-state index contributed by atoms with van der Waals surface area (Å²) in [5.41, 5.74) is 0.180. The summed E-state index contributed by atoms with van der Waals surface area (Å²) < 4.78 is 80.2. The Morgan fingerprint density at radius 3 is 2.29 bits per heavy atom. The Morgan fingerprint density at radius 2 is 1.88 bits per heavy atom. The van der Waals surface area contributed by atoms with Crippen molar-refractivity contribution in [3.63, 3.8) is 0 Å². The molecule has 0 saturated heterocycles. The summed E-state index contributed by atoms with van der Waals surface area (Å²) in [5.74, 6) is -1.17. The van der Waals surface area contributed by atoms with Crippen molar-refractivity contribution in [2.75, 3.05) is 19.4 Å². The zero-order valence-electron chi connectivity index (χ0n) is 12.3. The van der Waals surface area contributed by atoms with Gasteiger partial charge in [-0.3, -0.25) is 4.79 Å². The minimum absolute atomic E-state index is 0.464. The highest BCUT2D eigenvalue weighted by atomic mass is 79.9. The lowest BCUT2D eigenvalue weighted by Crippen LogP contribution is -2.52. The minimum atomic E-state index is -4.78. The van der Waals surface area contributed by atoms with Crippen LogP contribution in [0.25, 0.3) is 0 Å².